The number of aromatic amines is 1. The van der Waals surface area contributed by atoms with Gasteiger partial charge in [-0.2, -0.15) is 0 Å². The quantitative estimate of drug-likeness (QED) is 0.573. The average molecular weight is 201 g/mol. The third kappa shape index (κ3) is 2.06. The summed E-state index contributed by atoms with van der Waals surface area (Å²) in [6, 6.07) is 5.36. The van der Waals surface area contributed by atoms with Crippen LogP contribution in [0.2, 0.25) is 0 Å². The molecule has 0 aromatic carbocycles. The van der Waals surface area contributed by atoms with Crippen LogP contribution in [0, 0.1) is 5.41 Å². The van der Waals surface area contributed by atoms with Gasteiger partial charge in [0.25, 0.3) is 0 Å². The zero-order valence-electron chi connectivity index (χ0n) is 4.13. The van der Waals surface area contributed by atoms with Crippen molar-refractivity contribution in [2.75, 3.05) is 0 Å². The fourth-order valence-corrected chi connectivity index (χ4v) is 0.393. The van der Waals surface area contributed by atoms with E-state index < -0.39 is 0 Å². The summed E-state index contributed by atoms with van der Waals surface area (Å²) in [5.41, 5.74) is 0.447. The van der Waals surface area contributed by atoms with Gasteiger partial charge in [0.1, 0.15) is 5.49 Å². The maximum absolute atomic E-state index is 6.94. The van der Waals surface area contributed by atoms with Crippen molar-refractivity contribution in [3.8, 4) is 0 Å². The normalized spacial score (nSPS) is 7.50. The third-order valence-corrected chi connectivity index (χ3v) is 0.709. The van der Waals surface area contributed by atoms with Crippen molar-refractivity contribution in [3.63, 3.8) is 0 Å². The standard InChI is InChI=1S/C5H6N2.Pd/c6-5-3-1-2-4-7-5;/h1-4H,(H2,6,7);. The van der Waals surface area contributed by atoms with Gasteiger partial charge in [-0.1, -0.05) is 6.07 Å². The summed E-state index contributed by atoms with van der Waals surface area (Å²) < 4.78 is 0. The molecule has 0 fully saturated rings. The summed E-state index contributed by atoms with van der Waals surface area (Å²) >= 11 is 0. The molecule has 0 amide bonds. The van der Waals surface area contributed by atoms with Crippen molar-refractivity contribution in [2.45, 2.75) is 0 Å². The molecule has 0 radical (unpaired) electrons. The molecule has 0 aliphatic carbocycles. The minimum atomic E-state index is 0. The Morgan fingerprint density at radius 2 is 2.12 bits per heavy atom. The second-order valence-electron chi connectivity index (χ2n) is 1.28. The van der Waals surface area contributed by atoms with Gasteiger partial charge in [0.2, 0.25) is 0 Å². The van der Waals surface area contributed by atoms with E-state index in [0.29, 0.717) is 5.49 Å². The van der Waals surface area contributed by atoms with Crippen molar-refractivity contribution >= 4 is 0 Å². The van der Waals surface area contributed by atoms with Crippen LogP contribution in [0.15, 0.2) is 24.4 Å². The van der Waals surface area contributed by atoms with Gasteiger partial charge in [0.05, 0.1) is 0 Å². The van der Waals surface area contributed by atoms with E-state index >= 15 is 0 Å². The zero-order valence-corrected chi connectivity index (χ0v) is 5.68. The summed E-state index contributed by atoms with van der Waals surface area (Å²) in [5.74, 6) is 0. The Labute approximate surface area is 61.1 Å². The van der Waals surface area contributed by atoms with E-state index in [0.717, 1.165) is 0 Å². The predicted molar refractivity (Wildman–Crippen MR) is 26.6 cm³/mol. The molecule has 1 aromatic heterocycles. The van der Waals surface area contributed by atoms with Crippen molar-refractivity contribution in [2.24, 2.45) is 0 Å². The number of H-pyrrole nitrogens is 1. The molecule has 0 bridgehead atoms. The van der Waals surface area contributed by atoms with E-state index in [1.807, 2.05) is 12.1 Å². The van der Waals surface area contributed by atoms with Gasteiger partial charge in [-0.05, 0) is 12.1 Å². The summed E-state index contributed by atoms with van der Waals surface area (Å²) in [4.78, 5) is 2.70. The van der Waals surface area contributed by atoms with Gasteiger partial charge < -0.3 is 4.98 Å². The first-order chi connectivity index (χ1) is 3.39. The fourth-order valence-electron chi connectivity index (χ4n) is 0.393. The fraction of sp³-hybridized carbons (Fsp3) is 0. The molecule has 0 saturated carbocycles. The van der Waals surface area contributed by atoms with Crippen LogP contribution in [-0.2, 0) is 20.4 Å². The topological polar surface area (TPSA) is 39.6 Å². The second kappa shape index (κ2) is 3.59. The number of pyridine rings is 1. The second-order valence-corrected chi connectivity index (χ2v) is 1.28. The molecule has 0 aliphatic heterocycles. The van der Waals surface area contributed by atoms with Crippen LogP contribution in [0.1, 0.15) is 0 Å². The van der Waals surface area contributed by atoms with Crippen LogP contribution in [0.4, 0.5) is 0 Å². The predicted octanol–water partition coefficient (Wildman–Crippen LogP) is 0.492. The maximum Gasteiger partial charge on any atom is 0.121 e. The van der Waals surface area contributed by atoms with Crippen molar-refractivity contribution in [3.05, 3.63) is 29.9 Å². The molecule has 0 saturated heterocycles. The van der Waals surface area contributed by atoms with Crippen molar-refractivity contribution in [1.29, 1.82) is 5.41 Å². The molecule has 0 aliphatic rings. The molecular formula is C5H6N2Pd. The van der Waals surface area contributed by atoms with Crippen LogP contribution in [0.3, 0.4) is 0 Å². The Morgan fingerprint density at radius 1 is 1.38 bits per heavy atom. The zero-order chi connectivity index (χ0) is 5.11. The number of aromatic nitrogens is 1. The van der Waals surface area contributed by atoms with E-state index in [4.69, 9.17) is 5.41 Å². The minimum Gasteiger partial charge on any atom is -0.347 e. The SMILES string of the molecule is N=c1cccc[nH]1.[Pd]. The van der Waals surface area contributed by atoms with Gasteiger partial charge in [-0.3, -0.25) is 5.41 Å². The molecule has 2 nitrogen and oxygen atoms in total. The molecule has 3 heteroatoms. The Balaban J connectivity index is 0.000000490. The summed E-state index contributed by atoms with van der Waals surface area (Å²) in [7, 11) is 0. The molecule has 0 spiro atoms. The number of rotatable bonds is 0. The molecule has 46 valence electrons. The van der Waals surface area contributed by atoms with Crippen LogP contribution >= 0.6 is 0 Å². The molecule has 0 atom stereocenters. The molecule has 1 heterocycles. The first-order valence-corrected chi connectivity index (χ1v) is 2.08. The van der Waals surface area contributed by atoms with E-state index in [1.165, 1.54) is 0 Å². The minimum absolute atomic E-state index is 0. The molecule has 1 rings (SSSR count). The van der Waals surface area contributed by atoms with Gasteiger partial charge in [0.15, 0.2) is 0 Å². The average Bonchev–Trinajstić information content (AvgIpc) is 1.69. The molecule has 0 unspecified atom stereocenters. The molecular weight excluding hydrogens is 194 g/mol. The Bertz CT molecular complexity index is 176. The van der Waals surface area contributed by atoms with Gasteiger partial charge in [-0.15, -0.1) is 0 Å². The van der Waals surface area contributed by atoms with Crippen LogP contribution in [0.5, 0.6) is 0 Å². The molecule has 1 aromatic rings. The number of nitrogens with one attached hydrogen (secondary N) is 2. The largest absolute Gasteiger partial charge is 0.347 e. The van der Waals surface area contributed by atoms with E-state index in [9.17, 15) is 0 Å². The van der Waals surface area contributed by atoms with E-state index in [-0.39, 0.29) is 20.4 Å². The summed E-state index contributed by atoms with van der Waals surface area (Å²) in [5, 5.41) is 6.94. The maximum atomic E-state index is 6.94. The van der Waals surface area contributed by atoms with Gasteiger partial charge >= 0.3 is 0 Å². The molecule has 2 N–H and O–H groups in total. The summed E-state index contributed by atoms with van der Waals surface area (Å²) in [6.07, 6.45) is 1.72. The van der Waals surface area contributed by atoms with Gasteiger partial charge in [0, 0.05) is 26.6 Å². The summed E-state index contributed by atoms with van der Waals surface area (Å²) in [6.45, 7) is 0. The van der Waals surface area contributed by atoms with Crippen LogP contribution < -0.4 is 5.49 Å². The first-order valence-electron chi connectivity index (χ1n) is 2.08. The van der Waals surface area contributed by atoms with Crippen molar-refractivity contribution < 1.29 is 20.4 Å². The Hall–Kier alpha value is -0.388. The van der Waals surface area contributed by atoms with E-state index in [1.54, 1.807) is 12.3 Å². The van der Waals surface area contributed by atoms with Crippen LogP contribution in [0.25, 0.3) is 0 Å². The smallest absolute Gasteiger partial charge is 0.121 e. The number of hydrogen-bond acceptors (Lipinski definition) is 1. The first kappa shape index (κ1) is 7.61. The van der Waals surface area contributed by atoms with Crippen LogP contribution in [-0.4, -0.2) is 4.98 Å². The van der Waals surface area contributed by atoms with Crippen molar-refractivity contribution in [1.82, 2.24) is 4.98 Å². The number of hydrogen-bond donors (Lipinski definition) is 2. The van der Waals surface area contributed by atoms with Gasteiger partial charge in [-0.25, -0.2) is 0 Å². The Kier molecular flexibility index (Phi) is 3.42. The third-order valence-electron chi connectivity index (χ3n) is 0.709. The molecule has 8 heavy (non-hydrogen) atoms. The van der Waals surface area contributed by atoms with E-state index in [2.05, 4.69) is 4.98 Å². The monoisotopic (exact) mass is 200 g/mol. The Morgan fingerprint density at radius 3 is 2.38 bits per heavy atom.